The average Bonchev–Trinajstić information content (AvgIpc) is 3.16. The Morgan fingerprint density at radius 2 is 2.37 bits per heavy atom. The maximum atomic E-state index is 11.8. The molecule has 1 aliphatic rings. The van der Waals surface area contributed by atoms with E-state index in [0.29, 0.717) is 6.54 Å². The first-order valence-corrected chi connectivity index (χ1v) is 7.12. The summed E-state index contributed by atoms with van der Waals surface area (Å²) in [7, 11) is 0. The van der Waals surface area contributed by atoms with Crippen LogP contribution in [0.3, 0.4) is 0 Å². The largest absolute Gasteiger partial charge is 0.305 e. The van der Waals surface area contributed by atoms with Crippen LogP contribution in [0.15, 0.2) is 23.2 Å². The smallest absolute Gasteiger partial charge is 0.251 e. The lowest BCUT2D eigenvalue weighted by atomic mass is 10.2. The van der Waals surface area contributed by atoms with E-state index in [1.165, 1.54) is 16.9 Å². The van der Waals surface area contributed by atoms with Crippen LogP contribution in [0, 0.1) is 25.2 Å². The molecule has 19 heavy (non-hydrogen) atoms. The van der Waals surface area contributed by atoms with Crippen molar-refractivity contribution >= 4 is 27.5 Å². The molecule has 3 nitrogen and oxygen atoms in total. The van der Waals surface area contributed by atoms with Crippen LogP contribution >= 0.6 is 11.3 Å². The van der Waals surface area contributed by atoms with E-state index in [9.17, 15) is 4.79 Å². The van der Waals surface area contributed by atoms with Gasteiger partial charge in [-0.25, -0.2) is 0 Å². The summed E-state index contributed by atoms with van der Waals surface area (Å²) in [4.78, 5) is 16.8. The topological polar surface area (TPSA) is 34.4 Å². The van der Waals surface area contributed by atoms with Crippen molar-refractivity contribution in [2.45, 2.75) is 26.3 Å². The highest BCUT2D eigenvalue weighted by molar-refractivity contribution is 7.16. The number of hydrogen-bond acceptors (Lipinski definition) is 2. The minimum absolute atomic E-state index is 0.00551. The van der Waals surface area contributed by atoms with E-state index in [4.69, 9.17) is 6.42 Å². The number of aromatic nitrogens is 1. The van der Waals surface area contributed by atoms with Crippen LogP contribution in [0.5, 0.6) is 0 Å². The molecular weight excluding hydrogens is 256 g/mol. The highest BCUT2D eigenvalue weighted by Crippen LogP contribution is 2.30. The van der Waals surface area contributed by atoms with E-state index in [0.717, 1.165) is 27.9 Å². The summed E-state index contributed by atoms with van der Waals surface area (Å²) in [6.07, 6.45) is 7.37. The molecule has 1 fully saturated rings. The third kappa shape index (κ3) is 2.34. The fraction of sp³-hybridized carbons (Fsp3) is 0.333. The first kappa shape index (κ1) is 12.2. The minimum atomic E-state index is -0.00551. The van der Waals surface area contributed by atoms with Gasteiger partial charge < -0.3 is 4.57 Å². The molecule has 1 amide bonds. The Kier molecular flexibility index (Phi) is 3.00. The number of fused-ring (bicyclic) bond motifs is 1. The van der Waals surface area contributed by atoms with Gasteiger partial charge in [-0.15, -0.1) is 6.42 Å². The van der Waals surface area contributed by atoms with E-state index in [2.05, 4.69) is 30.0 Å². The summed E-state index contributed by atoms with van der Waals surface area (Å²) in [5, 5.41) is 0. The van der Waals surface area contributed by atoms with Crippen LogP contribution < -0.4 is 4.80 Å². The molecule has 0 N–H and O–H groups in total. The van der Waals surface area contributed by atoms with E-state index in [1.54, 1.807) is 0 Å². The van der Waals surface area contributed by atoms with Crippen LogP contribution in [0.1, 0.15) is 18.4 Å². The van der Waals surface area contributed by atoms with E-state index in [-0.39, 0.29) is 11.8 Å². The molecule has 1 aromatic carbocycles. The molecule has 0 aliphatic heterocycles. The van der Waals surface area contributed by atoms with Crippen LogP contribution in [0.25, 0.3) is 10.2 Å². The van der Waals surface area contributed by atoms with E-state index >= 15 is 0 Å². The van der Waals surface area contributed by atoms with Crippen LogP contribution in [-0.2, 0) is 11.3 Å². The highest BCUT2D eigenvalue weighted by atomic mass is 32.1. The van der Waals surface area contributed by atoms with Crippen molar-refractivity contribution < 1.29 is 4.79 Å². The molecule has 96 valence electrons. The second-order valence-corrected chi connectivity index (χ2v) is 5.88. The number of aryl methyl sites for hydroxylation is 1. The van der Waals surface area contributed by atoms with Gasteiger partial charge in [-0.05, 0) is 37.5 Å². The van der Waals surface area contributed by atoms with Gasteiger partial charge in [0.1, 0.15) is 0 Å². The third-order valence-corrected chi connectivity index (χ3v) is 4.26. The second kappa shape index (κ2) is 4.67. The van der Waals surface area contributed by atoms with E-state index in [1.807, 2.05) is 10.6 Å². The number of thiazole rings is 1. The minimum Gasteiger partial charge on any atom is -0.305 e. The predicted octanol–water partition coefficient (Wildman–Crippen LogP) is 2.48. The Bertz CT molecular complexity index is 757. The molecule has 1 heterocycles. The van der Waals surface area contributed by atoms with Gasteiger partial charge in [-0.1, -0.05) is 23.3 Å². The first-order chi connectivity index (χ1) is 9.19. The lowest BCUT2D eigenvalue weighted by Crippen LogP contribution is -2.16. The molecule has 2 aromatic rings. The lowest BCUT2D eigenvalue weighted by Gasteiger charge is -1.99. The van der Waals surface area contributed by atoms with Gasteiger partial charge in [0.15, 0.2) is 4.80 Å². The van der Waals surface area contributed by atoms with Crippen molar-refractivity contribution in [3.63, 3.8) is 0 Å². The lowest BCUT2D eigenvalue weighted by molar-refractivity contribution is -0.119. The highest BCUT2D eigenvalue weighted by Gasteiger charge is 2.29. The van der Waals surface area contributed by atoms with Gasteiger partial charge in [0.05, 0.1) is 16.8 Å². The standard InChI is InChI=1S/C15H14N2OS/c1-3-8-17-12-7-4-10(2)9-13(12)19-15(17)16-14(18)11-5-6-11/h1,4,7,9,11H,5-6,8H2,2H3. The summed E-state index contributed by atoms with van der Waals surface area (Å²) in [6, 6.07) is 6.20. The van der Waals surface area contributed by atoms with Gasteiger partial charge >= 0.3 is 0 Å². The zero-order valence-corrected chi connectivity index (χ0v) is 11.5. The molecule has 0 spiro atoms. The Morgan fingerprint density at radius 3 is 3.05 bits per heavy atom. The molecule has 1 aromatic heterocycles. The molecule has 0 unspecified atom stereocenters. The van der Waals surface area contributed by atoms with Crippen molar-refractivity contribution in [1.29, 1.82) is 0 Å². The summed E-state index contributed by atoms with van der Waals surface area (Å²) in [6.45, 7) is 2.50. The fourth-order valence-corrected chi connectivity index (χ4v) is 3.16. The van der Waals surface area contributed by atoms with Crippen molar-refractivity contribution in [1.82, 2.24) is 4.57 Å². The zero-order valence-electron chi connectivity index (χ0n) is 10.7. The van der Waals surface area contributed by atoms with Crippen molar-refractivity contribution in [2.75, 3.05) is 0 Å². The van der Waals surface area contributed by atoms with Crippen molar-refractivity contribution in [3.05, 3.63) is 28.6 Å². The molecule has 3 rings (SSSR count). The van der Waals surface area contributed by atoms with Crippen molar-refractivity contribution in [2.24, 2.45) is 10.9 Å². The molecular formula is C15H14N2OS. The summed E-state index contributed by atoms with van der Waals surface area (Å²) in [5.74, 6) is 2.77. The summed E-state index contributed by atoms with van der Waals surface area (Å²) < 4.78 is 3.07. The Morgan fingerprint density at radius 1 is 1.58 bits per heavy atom. The number of benzene rings is 1. The normalized spacial score (nSPS) is 15.7. The number of nitrogens with zero attached hydrogens (tertiary/aromatic N) is 2. The summed E-state index contributed by atoms with van der Waals surface area (Å²) >= 11 is 1.53. The average molecular weight is 270 g/mol. The zero-order chi connectivity index (χ0) is 13.4. The monoisotopic (exact) mass is 270 g/mol. The predicted molar refractivity (Wildman–Crippen MR) is 76.7 cm³/mol. The fourth-order valence-electron chi connectivity index (χ4n) is 2.03. The van der Waals surface area contributed by atoms with Gasteiger partial charge in [0, 0.05) is 5.92 Å². The molecule has 1 aliphatic carbocycles. The van der Waals surface area contributed by atoms with Crippen LogP contribution in [0.4, 0.5) is 0 Å². The Balaban J connectivity index is 2.19. The van der Waals surface area contributed by atoms with E-state index < -0.39 is 0 Å². The van der Waals surface area contributed by atoms with Gasteiger partial charge in [-0.2, -0.15) is 4.99 Å². The molecule has 0 bridgehead atoms. The third-order valence-electron chi connectivity index (χ3n) is 3.22. The van der Waals surface area contributed by atoms with Crippen LogP contribution in [-0.4, -0.2) is 10.5 Å². The number of carbonyl (C=O) groups is 1. The summed E-state index contributed by atoms with van der Waals surface area (Å²) in [5.41, 5.74) is 2.25. The number of amides is 1. The molecule has 0 radical (unpaired) electrons. The molecule has 0 saturated heterocycles. The first-order valence-electron chi connectivity index (χ1n) is 6.31. The van der Waals surface area contributed by atoms with Crippen molar-refractivity contribution in [3.8, 4) is 12.3 Å². The van der Waals surface area contributed by atoms with Crippen LogP contribution in [0.2, 0.25) is 0 Å². The number of terminal acetylenes is 1. The SMILES string of the molecule is C#CCn1c(=NC(=O)C2CC2)sc2cc(C)ccc21. The second-order valence-electron chi connectivity index (χ2n) is 4.87. The number of carbonyl (C=O) groups excluding carboxylic acids is 1. The number of hydrogen-bond donors (Lipinski definition) is 0. The van der Waals surface area contributed by atoms with Gasteiger partial charge in [0.2, 0.25) is 0 Å². The van der Waals surface area contributed by atoms with Gasteiger partial charge in [0.25, 0.3) is 5.91 Å². The molecule has 4 heteroatoms. The molecule has 1 saturated carbocycles. The Labute approximate surface area is 115 Å². The maximum Gasteiger partial charge on any atom is 0.251 e. The number of rotatable bonds is 2. The quantitative estimate of drug-likeness (QED) is 0.772. The Hall–Kier alpha value is -1.86. The molecule has 0 atom stereocenters. The maximum absolute atomic E-state index is 11.8. The van der Waals surface area contributed by atoms with Gasteiger partial charge in [-0.3, -0.25) is 4.79 Å².